The minimum Gasteiger partial charge on any atom is -0.456 e. The molecule has 1 aromatic heterocycles. The molecule has 10 rings (SSSR count). The van der Waals surface area contributed by atoms with Gasteiger partial charge in [-0.3, -0.25) is 0 Å². The molecule has 0 spiro atoms. The number of fused-ring (bicyclic) bond motifs is 8. The Balaban J connectivity index is 1.29. The van der Waals surface area contributed by atoms with E-state index in [1.165, 1.54) is 60.6 Å². The predicted octanol–water partition coefficient (Wildman–Crippen LogP) is 14.4. The molecule has 0 N–H and O–H groups in total. The van der Waals surface area contributed by atoms with E-state index in [4.69, 9.17) is 4.74 Å². The number of para-hydroxylation sites is 1. The molecule has 0 atom stereocenters. The molecule has 4 nitrogen and oxygen atoms in total. The van der Waals surface area contributed by atoms with Gasteiger partial charge in [-0.2, -0.15) is 0 Å². The third-order valence-corrected chi connectivity index (χ3v) is 13.9. The fraction of sp³-hybridized carbons (Fsp3) is 0.288. The van der Waals surface area contributed by atoms with Gasteiger partial charge in [0.15, 0.2) is 0 Å². The van der Waals surface area contributed by atoms with Gasteiger partial charge in [0.05, 0.1) is 11.2 Å². The van der Waals surface area contributed by atoms with Gasteiger partial charge >= 0.3 is 0 Å². The Kier molecular flexibility index (Phi) is 9.41. The smallest absolute Gasteiger partial charge is 0.256 e. The molecule has 322 valence electrons. The van der Waals surface area contributed by atoms with Gasteiger partial charge in [0, 0.05) is 51.8 Å². The Hall–Kier alpha value is -6.20. The van der Waals surface area contributed by atoms with E-state index >= 15 is 0 Å². The normalized spacial score (nSPS) is 13.8. The van der Waals surface area contributed by atoms with Gasteiger partial charge in [-0.1, -0.05) is 156 Å². The summed E-state index contributed by atoms with van der Waals surface area (Å²) in [5.74, 6) is 1.83. The Morgan fingerprint density at radius 1 is 0.500 bits per heavy atom. The van der Waals surface area contributed by atoms with E-state index in [-0.39, 0.29) is 28.4 Å². The zero-order chi connectivity index (χ0) is 45.2. The molecule has 3 heterocycles. The first-order chi connectivity index (χ1) is 30.2. The van der Waals surface area contributed by atoms with Crippen LogP contribution in [-0.2, 0) is 28.7 Å². The number of aryl methyl sites for hydroxylation is 1. The maximum Gasteiger partial charge on any atom is 0.256 e. The van der Waals surface area contributed by atoms with E-state index in [1.54, 1.807) is 0 Å². The van der Waals surface area contributed by atoms with Crippen LogP contribution in [0.15, 0.2) is 140 Å². The number of nitrogens with zero attached hydrogens (tertiary/aromatic N) is 3. The molecule has 0 amide bonds. The van der Waals surface area contributed by atoms with Gasteiger partial charge in [0.2, 0.25) is 0 Å². The molecule has 5 heteroatoms. The van der Waals surface area contributed by atoms with Gasteiger partial charge in [-0.05, 0) is 127 Å². The van der Waals surface area contributed by atoms with Crippen LogP contribution in [0.4, 0.5) is 34.1 Å². The average Bonchev–Trinajstić information content (AvgIpc) is 3.55. The van der Waals surface area contributed by atoms with Crippen LogP contribution < -0.4 is 30.9 Å². The second-order valence-electron chi connectivity index (χ2n) is 22.4. The van der Waals surface area contributed by atoms with E-state index < -0.39 is 0 Å². The minimum atomic E-state index is -0.0908. The second-order valence-corrected chi connectivity index (χ2v) is 22.4. The maximum absolute atomic E-state index is 7.39. The zero-order valence-electron chi connectivity index (χ0n) is 40.1. The van der Waals surface area contributed by atoms with Gasteiger partial charge in [0.1, 0.15) is 11.5 Å². The topological polar surface area (TPSA) is 20.6 Å². The van der Waals surface area contributed by atoms with Crippen molar-refractivity contribution in [1.82, 2.24) is 4.57 Å². The van der Waals surface area contributed by atoms with Crippen molar-refractivity contribution in [1.29, 1.82) is 0 Å². The van der Waals surface area contributed by atoms with Crippen LogP contribution in [0.2, 0.25) is 0 Å². The van der Waals surface area contributed by atoms with Gasteiger partial charge < -0.3 is 19.1 Å². The molecule has 0 bridgehead atoms. The molecule has 0 saturated carbocycles. The van der Waals surface area contributed by atoms with E-state index in [2.05, 4.69) is 244 Å². The van der Waals surface area contributed by atoms with E-state index in [1.807, 2.05) is 0 Å². The Morgan fingerprint density at radius 3 is 1.59 bits per heavy atom. The number of hydrogen-bond donors (Lipinski definition) is 0. The molecule has 0 aliphatic carbocycles. The van der Waals surface area contributed by atoms with Crippen LogP contribution in [0.3, 0.4) is 0 Å². The first-order valence-electron chi connectivity index (χ1n) is 23.1. The number of ether oxygens (including phenoxy) is 1. The van der Waals surface area contributed by atoms with Crippen molar-refractivity contribution < 1.29 is 4.74 Å². The van der Waals surface area contributed by atoms with E-state index in [9.17, 15) is 0 Å². The van der Waals surface area contributed by atoms with Crippen molar-refractivity contribution in [3.05, 3.63) is 162 Å². The van der Waals surface area contributed by atoms with E-state index in [0.717, 1.165) is 45.5 Å². The molecule has 0 fully saturated rings. The molecule has 0 saturated heterocycles. The number of hydrogen-bond acceptors (Lipinski definition) is 3. The fourth-order valence-corrected chi connectivity index (χ4v) is 10.2. The molecule has 0 radical (unpaired) electrons. The first-order valence-corrected chi connectivity index (χ1v) is 23.1. The molecule has 2 aliphatic rings. The highest BCUT2D eigenvalue weighted by atomic mass is 16.5. The maximum atomic E-state index is 7.39. The molecule has 7 aromatic carbocycles. The third-order valence-electron chi connectivity index (χ3n) is 13.9. The molecule has 2 aliphatic heterocycles. The number of aromatic nitrogens is 1. The lowest BCUT2D eigenvalue weighted by atomic mass is 9.34. The van der Waals surface area contributed by atoms with Crippen molar-refractivity contribution in [2.24, 2.45) is 7.05 Å². The highest BCUT2D eigenvalue weighted by Gasteiger charge is 2.44. The van der Waals surface area contributed by atoms with Crippen molar-refractivity contribution in [2.75, 3.05) is 9.80 Å². The van der Waals surface area contributed by atoms with Crippen molar-refractivity contribution in [3.63, 3.8) is 0 Å². The fourth-order valence-electron chi connectivity index (χ4n) is 10.2. The predicted molar refractivity (Wildman–Crippen MR) is 276 cm³/mol. The van der Waals surface area contributed by atoms with Crippen LogP contribution in [0.1, 0.15) is 105 Å². The molecule has 64 heavy (non-hydrogen) atoms. The summed E-state index contributed by atoms with van der Waals surface area (Å²) < 4.78 is 9.76. The third kappa shape index (κ3) is 6.73. The van der Waals surface area contributed by atoms with Crippen molar-refractivity contribution in [3.8, 4) is 11.5 Å². The van der Waals surface area contributed by atoms with Crippen molar-refractivity contribution in [2.45, 2.75) is 105 Å². The van der Waals surface area contributed by atoms with E-state index in [0.29, 0.717) is 0 Å². The quantitative estimate of drug-likeness (QED) is 0.165. The molecular formula is C59H62BN3O. The largest absolute Gasteiger partial charge is 0.456 e. The summed E-state index contributed by atoms with van der Waals surface area (Å²) in [5.41, 5.74) is 18.1. The zero-order valence-corrected chi connectivity index (χ0v) is 40.1. The molecular weight excluding hydrogens is 777 g/mol. The summed E-state index contributed by atoms with van der Waals surface area (Å²) in [6.45, 7) is 27.4. The minimum absolute atomic E-state index is 0.0255. The monoisotopic (exact) mass is 839 g/mol. The number of rotatable bonds is 4. The van der Waals surface area contributed by atoms with Gasteiger partial charge in [-0.15, -0.1) is 0 Å². The summed E-state index contributed by atoms with van der Waals surface area (Å²) in [4.78, 5) is 4.96. The standard InChI is InChI=1S/C59H62BN3O/c1-56(2,3)37-21-28-41(29-22-37)62(42-30-23-38(24-31-42)57(4,5)6)50-36-46-55(54-52(50)44-17-14-15-18-47(44)61(54)13)64-51-20-16-19-49-53(51)60(46)45-35-40(59(10,11)12)27-34-48(45)63(49)43-32-25-39(26-33-43)58(7,8)9/h14-36H,1-13H3. The Bertz CT molecular complexity index is 3050. The van der Waals surface area contributed by atoms with Gasteiger partial charge in [0.25, 0.3) is 6.71 Å². The average molecular weight is 840 g/mol. The highest BCUT2D eigenvalue weighted by molar-refractivity contribution is 6.99. The lowest BCUT2D eigenvalue weighted by Crippen LogP contribution is -2.59. The van der Waals surface area contributed by atoms with Crippen molar-refractivity contribution >= 4 is 79.0 Å². The lowest BCUT2D eigenvalue weighted by molar-refractivity contribution is 0.491. The van der Waals surface area contributed by atoms with Crippen LogP contribution in [0, 0.1) is 0 Å². The van der Waals surface area contributed by atoms with Crippen LogP contribution in [0.5, 0.6) is 11.5 Å². The summed E-state index contributed by atoms with van der Waals surface area (Å²) in [6.07, 6.45) is 0. The summed E-state index contributed by atoms with van der Waals surface area (Å²) in [5, 5.41) is 2.38. The summed E-state index contributed by atoms with van der Waals surface area (Å²) >= 11 is 0. The van der Waals surface area contributed by atoms with Crippen LogP contribution in [0.25, 0.3) is 21.8 Å². The Morgan fingerprint density at radius 2 is 1.03 bits per heavy atom. The molecule has 8 aromatic rings. The lowest BCUT2D eigenvalue weighted by Gasteiger charge is -2.41. The SMILES string of the molecule is Cn1c2ccccc2c2c(N(c3ccc(C(C)(C)C)cc3)c3ccc(C(C)(C)C)cc3)cc3c(c21)Oc1cccc2c1B3c1cc(C(C)(C)C)ccc1N2c1ccc(C(C)(C)C)cc1. The van der Waals surface area contributed by atoms with Crippen LogP contribution in [-0.4, -0.2) is 11.3 Å². The highest BCUT2D eigenvalue weighted by Crippen LogP contribution is 2.49. The number of benzene rings is 7. The Labute approximate surface area is 381 Å². The first kappa shape index (κ1) is 41.8. The van der Waals surface area contributed by atoms with Gasteiger partial charge in [-0.25, -0.2) is 0 Å². The number of anilines is 6. The second kappa shape index (κ2) is 14.4. The summed E-state index contributed by atoms with van der Waals surface area (Å²) in [6, 6.07) is 52.8. The molecule has 0 unspecified atom stereocenters. The summed E-state index contributed by atoms with van der Waals surface area (Å²) in [7, 11) is 2.21. The van der Waals surface area contributed by atoms with Crippen LogP contribution >= 0.6 is 0 Å².